The lowest BCUT2D eigenvalue weighted by atomic mass is 10.0. The second-order valence-electron chi connectivity index (χ2n) is 28.3. The van der Waals surface area contributed by atoms with Crippen LogP contribution in [0.5, 0.6) is 0 Å². The highest BCUT2D eigenvalue weighted by Gasteiger charge is 2.25. The van der Waals surface area contributed by atoms with Crippen LogP contribution in [0.1, 0.15) is 348 Å². The van der Waals surface area contributed by atoms with E-state index in [1.54, 1.807) is 0 Å². The number of quaternary nitrogens is 1. The molecule has 0 aliphatic carbocycles. The highest BCUT2D eigenvalue weighted by atomic mass is 16.7. The van der Waals surface area contributed by atoms with Gasteiger partial charge in [0.1, 0.15) is 13.2 Å². The molecule has 0 aliphatic rings. The first-order valence-corrected chi connectivity index (χ1v) is 41.0. The first-order chi connectivity index (χ1) is 48.6. The molecule has 9 nitrogen and oxygen atoms in total. The summed E-state index contributed by atoms with van der Waals surface area (Å²) >= 11 is 0. The number of carboxylic acids is 1. The van der Waals surface area contributed by atoms with Crippen molar-refractivity contribution in [2.45, 2.75) is 360 Å². The molecule has 2 atom stereocenters. The smallest absolute Gasteiger partial charge is 0.361 e. The molecule has 566 valence electrons. The molecular weight excluding hydrogens is 1220 g/mol. The van der Waals surface area contributed by atoms with Crippen molar-refractivity contribution in [3.63, 3.8) is 0 Å². The Morgan fingerprint density at radius 3 is 0.808 bits per heavy atom. The van der Waals surface area contributed by atoms with Crippen molar-refractivity contribution in [3.05, 3.63) is 146 Å². The number of ether oxygens (including phenoxy) is 4. The Balaban J connectivity index is 4.00. The predicted octanol–water partition coefficient (Wildman–Crippen LogP) is 26.6. The highest BCUT2D eigenvalue weighted by Crippen LogP contribution is 2.19. The topological polar surface area (TPSA) is 108 Å². The minimum Gasteiger partial charge on any atom is -0.477 e. The van der Waals surface area contributed by atoms with E-state index in [9.17, 15) is 19.5 Å². The van der Waals surface area contributed by atoms with Gasteiger partial charge in [0.15, 0.2) is 6.10 Å². The summed E-state index contributed by atoms with van der Waals surface area (Å²) < 4.78 is 23.1. The van der Waals surface area contributed by atoms with Crippen LogP contribution in [-0.2, 0) is 33.3 Å². The molecule has 0 saturated heterocycles. The molecule has 0 saturated carbocycles. The van der Waals surface area contributed by atoms with E-state index in [1.807, 2.05) is 21.1 Å². The molecule has 1 N–H and O–H groups in total. The number of allylic oxidation sites excluding steroid dienone is 24. The van der Waals surface area contributed by atoms with Gasteiger partial charge in [-0.1, -0.05) is 365 Å². The number of carboxylic acid groups (broad SMARTS) is 1. The van der Waals surface area contributed by atoms with Gasteiger partial charge in [0, 0.05) is 12.8 Å². The number of likely N-dealkylation sites (N-methyl/N-ethyl adjacent to an activating group) is 1. The summed E-state index contributed by atoms with van der Waals surface area (Å²) in [5.41, 5.74) is 0. The summed E-state index contributed by atoms with van der Waals surface area (Å²) in [6.07, 6.45) is 113. The molecule has 0 radical (unpaired) electrons. The van der Waals surface area contributed by atoms with Gasteiger partial charge in [-0.05, 0) is 116 Å². The molecule has 0 bridgehead atoms. The van der Waals surface area contributed by atoms with Gasteiger partial charge in [-0.25, -0.2) is 4.79 Å². The Labute approximate surface area is 611 Å². The van der Waals surface area contributed by atoms with Crippen LogP contribution in [0.2, 0.25) is 0 Å². The summed E-state index contributed by atoms with van der Waals surface area (Å²) in [4.78, 5) is 37.8. The average Bonchev–Trinajstić information content (AvgIpc) is 2.62. The van der Waals surface area contributed by atoms with Crippen LogP contribution in [0.3, 0.4) is 0 Å². The molecule has 9 heteroatoms. The van der Waals surface area contributed by atoms with Gasteiger partial charge in [-0.2, -0.15) is 0 Å². The van der Waals surface area contributed by atoms with Crippen LogP contribution in [0, 0.1) is 0 Å². The van der Waals surface area contributed by atoms with E-state index >= 15 is 0 Å². The second kappa shape index (κ2) is 78.9. The first kappa shape index (κ1) is 94.2. The van der Waals surface area contributed by atoms with E-state index in [-0.39, 0.29) is 32.2 Å². The molecule has 0 amide bonds. The predicted molar refractivity (Wildman–Crippen MR) is 428 cm³/mol. The molecule has 0 fully saturated rings. The zero-order valence-corrected chi connectivity index (χ0v) is 64.9. The zero-order valence-electron chi connectivity index (χ0n) is 64.9. The third kappa shape index (κ3) is 80.4. The van der Waals surface area contributed by atoms with Crippen LogP contribution in [0.15, 0.2) is 146 Å². The maximum atomic E-state index is 13.0. The minimum absolute atomic E-state index is 0.185. The fraction of sp³-hybridized carbons (Fsp3) is 0.700. The SMILES string of the molecule is CC/C=C\C/C=C\C/C=C\C/C=C\C/C=C\C/C=C\CCCCCCCCCCCCCCCCCCCCCCCCC(=O)OC(COC(=O)CCCCCCCCCCCCCCCC/C=C\C/C=C\C/C=C\C/C=C\C/C=C\C/C=C\CC)COC(OCC[N+](C)(C)C)C(=O)O. The molecule has 0 aromatic heterocycles. The van der Waals surface area contributed by atoms with Crippen LogP contribution in [0.25, 0.3) is 0 Å². The number of carbonyl (C=O) groups excluding carboxylic acids is 2. The number of unbranched alkanes of at least 4 members (excludes halogenated alkanes) is 36. The normalized spacial score (nSPS) is 13.4. The maximum absolute atomic E-state index is 13.0. The Morgan fingerprint density at radius 2 is 0.545 bits per heavy atom. The van der Waals surface area contributed by atoms with Crippen molar-refractivity contribution in [1.82, 2.24) is 0 Å². The minimum atomic E-state index is -1.52. The van der Waals surface area contributed by atoms with E-state index in [1.165, 1.54) is 205 Å². The van der Waals surface area contributed by atoms with Gasteiger partial charge in [0.2, 0.25) is 0 Å². The van der Waals surface area contributed by atoms with E-state index < -0.39 is 24.3 Å². The van der Waals surface area contributed by atoms with E-state index in [2.05, 4.69) is 160 Å². The molecule has 0 heterocycles. The Kier molecular flexibility index (Phi) is 75.0. The number of hydrogen-bond donors (Lipinski definition) is 1. The van der Waals surface area contributed by atoms with Gasteiger partial charge in [-0.3, -0.25) is 9.59 Å². The average molecular weight is 1380 g/mol. The Bertz CT molecular complexity index is 2150. The Morgan fingerprint density at radius 1 is 0.303 bits per heavy atom. The molecular formula is C90H154NO8+. The second-order valence-corrected chi connectivity index (χ2v) is 28.3. The van der Waals surface area contributed by atoms with Gasteiger partial charge >= 0.3 is 17.9 Å². The van der Waals surface area contributed by atoms with Crippen molar-refractivity contribution in [3.8, 4) is 0 Å². The lowest BCUT2D eigenvalue weighted by Gasteiger charge is -2.25. The Hall–Kier alpha value is -4.83. The highest BCUT2D eigenvalue weighted by molar-refractivity contribution is 5.71. The van der Waals surface area contributed by atoms with E-state index in [4.69, 9.17) is 18.9 Å². The van der Waals surface area contributed by atoms with Crippen molar-refractivity contribution < 1.29 is 42.9 Å². The summed E-state index contributed by atoms with van der Waals surface area (Å²) in [5, 5.41) is 9.78. The standard InChI is InChI=1S/C90H153NO8/c1-6-8-10-12-14-16-18-20-22-24-26-28-30-32-34-36-38-40-41-42-43-44-45-46-47-49-51-53-55-57-59-61-63-65-67-69-71-73-75-77-79-81-88(93)99-86(85-98-90(89(94)95)96-83-82-91(3,4)5)84-97-87(92)80-78-76-74-72-70-68-66-64-62-60-58-56-54-52-50-48-39-37-35-33-31-29-27-25-23-21-19-17-15-13-11-9-7-2/h8-11,14-17,20-23,26-29,32-35,38-40,48,86,90H,6-7,12-13,18-19,24-25,30-31,36-37,41-47,49-85H2,1-5H3/p+1/b10-8-,11-9-,16-14-,17-15-,22-20-,23-21-,28-26-,29-27-,34-32-,35-33-,40-38-,48-39-. The van der Waals surface area contributed by atoms with E-state index in [0.717, 1.165) is 116 Å². The van der Waals surface area contributed by atoms with Gasteiger partial charge < -0.3 is 28.5 Å². The first-order valence-electron chi connectivity index (χ1n) is 41.0. The van der Waals surface area contributed by atoms with Crippen molar-refractivity contribution in [2.24, 2.45) is 0 Å². The number of aliphatic carboxylic acids is 1. The quantitative estimate of drug-likeness (QED) is 0.0211. The van der Waals surface area contributed by atoms with Crippen LogP contribution in [0.4, 0.5) is 0 Å². The molecule has 0 aliphatic heterocycles. The van der Waals surface area contributed by atoms with Crippen molar-refractivity contribution in [1.29, 1.82) is 0 Å². The monoisotopic (exact) mass is 1380 g/mol. The zero-order chi connectivity index (χ0) is 71.8. The summed E-state index contributed by atoms with van der Waals surface area (Å²) in [6, 6.07) is 0. The van der Waals surface area contributed by atoms with Crippen molar-refractivity contribution in [2.75, 3.05) is 47.5 Å². The van der Waals surface area contributed by atoms with Gasteiger partial charge in [0.05, 0.1) is 34.4 Å². The molecule has 2 unspecified atom stereocenters. The number of hydrogen-bond acceptors (Lipinski definition) is 7. The van der Waals surface area contributed by atoms with Crippen LogP contribution in [-0.4, -0.2) is 87.4 Å². The largest absolute Gasteiger partial charge is 0.477 e. The fourth-order valence-electron chi connectivity index (χ4n) is 11.4. The number of carbonyl (C=O) groups is 3. The number of nitrogens with zero attached hydrogens (tertiary/aromatic N) is 1. The third-order valence-corrected chi connectivity index (χ3v) is 17.6. The lowest BCUT2D eigenvalue weighted by molar-refractivity contribution is -0.870. The van der Waals surface area contributed by atoms with Crippen LogP contribution < -0.4 is 0 Å². The molecule has 0 spiro atoms. The number of esters is 2. The van der Waals surface area contributed by atoms with E-state index in [0.29, 0.717) is 17.4 Å². The van der Waals surface area contributed by atoms with Gasteiger partial charge in [0.25, 0.3) is 6.29 Å². The maximum Gasteiger partial charge on any atom is 0.361 e. The molecule has 99 heavy (non-hydrogen) atoms. The molecule has 0 aromatic rings. The van der Waals surface area contributed by atoms with Crippen molar-refractivity contribution >= 4 is 17.9 Å². The van der Waals surface area contributed by atoms with Crippen LogP contribution >= 0.6 is 0 Å². The van der Waals surface area contributed by atoms with Gasteiger partial charge in [-0.15, -0.1) is 0 Å². The summed E-state index contributed by atoms with van der Waals surface area (Å²) in [5.74, 6) is -1.99. The number of rotatable bonds is 75. The molecule has 0 rings (SSSR count). The fourth-order valence-corrected chi connectivity index (χ4v) is 11.4. The summed E-state index contributed by atoms with van der Waals surface area (Å²) in [6.45, 7) is 4.68. The lowest BCUT2D eigenvalue weighted by Crippen LogP contribution is -2.40. The molecule has 0 aromatic carbocycles. The third-order valence-electron chi connectivity index (χ3n) is 17.6. The summed E-state index contributed by atoms with van der Waals surface area (Å²) in [7, 11) is 5.99.